The fourth-order valence-electron chi connectivity index (χ4n) is 3.85. The van der Waals surface area contributed by atoms with Crippen molar-refractivity contribution >= 4 is 11.9 Å². The zero-order chi connectivity index (χ0) is 17.5. The first-order chi connectivity index (χ1) is 12.1. The van der Waals surface area contributed by atoms with Crippen molar-refractivity contribution in [3.8, 4) is 0 Å². The number of fused-ring (bicyclic) bond motifs is 2. The number of piperidine rings is 1. The first-order valence-corrected chi connectivity index (χ1v) is 8.93. The molecule has 1 unspecified atom stereocenters. The summed E-state index contributed by atoms with van der Waals surface area (Å²) < 4.78 is 17.5. The van der Waals surface area contributed by atoms with E-state index in [0.717, 1.165) is 25.9 Å². The lowest BCUT2D eigenvalue weighted by Gasteiger charge is -2.39. The van der Waals surface area contributed by atoms with Crippen molar-refractivity contribution in [2.45, 2.75) is 44.5 Å². The third-order valence-electron chi connectivity index (χ3n) is 5.40. The number of hydrogen-bond acceptors (Lipinski definition) is 5. The van der Waals surface area contributed by atoms with Crippen LogP contribution in [0.5, 0.6) is 0 Å². The fraction of sp³-hybridized carbons (Fsp3) is 0.579. The van der Waals surface area contributed by atoms with Crippen molar-refractivity contribution < 1.29 is 19.0 Å². The smallest absolute Gasteiger partial charge is 0.296 e. The average molecular weight is 344 g/mol. The summed E-state index contributed by atoms with van der Waals surface area (Å²) in [5, 5.41) is 0. The van der Waals surface area contributed by atoms with Gasteiger partial charge in [-0.1, -0.05) is 24.3 Å². The lowest BCUT2D eigenvalue weighted by Crippen LogP contribution is -2.47. The minimum absolute atomic E-state index is 0.203. The maximum Gasteiger partial charge on any atom is 0.296 e. The monoisotopic (exact) mass is 344 g/mol. The van der Waals surface area contributed by atoms with Gasteiger partial charge in [0.2, 0.25) is 5.60 Å². The molecule has 1 amide bonds. The van der Waals surface area contributed by atoms with Gasteiger partial charge in [0, 0.05) is 19.7 Å². The average Bonchev–Trinajstić information content (AvgIpc) is 3.13. The van der Waals surface area contributed by atoms with Gasteiger partial charge in [-0.3, -0.25) is 4.79 Å². The van der Waals surface area contributed by atoms with Crippen LogP contribution in [0.2, 0.25) is 0 Å². The van der Waals surface area contributed by atoms with E-state index >= 15 is 0 Å². The van der Waals surface area contributed by atoms with Crippen LogP contribution in [0, 0.1) is 0 Å². The van der Waals surface area contributed by atoms with Crippen molar-refractivity contribution in [1.82, 2.24) is 4.90 Å². The summed E-state index contributed by atoms with van der Waals surface area (Å²) >= 11 is 0. The molecule has 1 fully saturated rings. The number of benzene rings is 1. The van der Waals surface area contributed by atoms with Crippen LogP contribution in [-0.2, 0) is 31.2 Å². The van der Waals surface area contributed by atoms with E-state index in [4.69, 9.17) is 14.2 Å². The Kier molecular flexibility index (Phi) is 4.04. The number of hydrogen-bond donors (Lipinski definition) is 0. The molecule has 1 aromatic rings. The number of carbonyl (C=O) groups is 1. The Bertz CT molecular complexity index is 709. The predicted molar refractivity (Wildman–Crippen MR) is 92.1 cm³/mol. The van der Waals surface area contributed by atoms with Gasteiger partial charge in [-0.05, 0) is 37.8 Å². The predicted octanol–water partition coefficient (Wildman–Crippen LogP) is 2.22. The van der Waals surface area contributed by atoms with Crippen LogP contribution >= 0.6 is 0 Å². The van der Waals surface area contributed by atoms with E-state index in [9.17, 15) is 4.79 Å². The highest BCUT2D eigenvalue weighted by Gasteiger charge is 2.47. The molecule has 0 aromatic heterocycles. The molecule has 0 aliphatic carbocycles. The summed E-state index contributed by atoms with van der Waals surface area (Å²) in [4.78, 5) is 18.4. The number of ether oxygens (including phenoxy) is 3. The van der Waals surface area contributed by atoms with Crippen molar-refractivity contribution in [2.75, 3.05) is 26.3 Å². The van der Waals surface area contributed by atoms with Crippen LogP contribution in [-0.4, -0.2) is 48.7 Å². The maximum absolute atomic E-state index is 12.2. The Balaban J connectivity index is 1.44. The van der Waals surface area contributed by atoms with Crippen molar-refractivity contribution in [1.29, 1.82) is 0 Å². The van der Waals surface area contributed by atoms with Gasteiger partial charge in [-0.15, -0.1) is 0 Å². The molecule has 0 saturated carbocycles. The Morgan fingerprint density at radius 1 is 1.28 bits per heavy atom. The van der Waals surface area contributed by atoms with Crippen LogP contribution in [0.25, 0.3) is 0 Å². The van der Waals surface area contributed by atoms with Crippen LogP contribution < -0.4 is 0 Å². The first kappa shape index (κ1) is 16.5. The summed E-state index contributed by atoms with van der Waals surface area (Å²) in [6.07, 6.45) is 1.73. The van der Waals surface area contributed by atoms with Crippen molar-refractivity contribution in [2.24, 2.45) is 4.99 Å². The van der Waals surface area contributed by atoms with Gasteiger partial charge in [0.25, 0.3) is 11.9 Å². The van der Waals surface area contributed by atoms with Crippen LogP contribution in [0.4, 0.5) is 0 Å². The topological polar surface area (TPSA) is 60.4 Å². The van der Waals surface area contributed by atoms with Gasteiger partial charge in [0.15, 0.2) is 0 Å². The molecular weight excluding hydrogens is 320 g/mol. The van der Waals surface area contributed by atoms with Gasteiger partial charge in [-0.2, -0.15) is 4.99 Å². The number of amides is 1. The molecule has 1 spiro atoms. The molecule has 0 bridgehead atoms. The summed E-state index contributed by atoms with van der Waals surface area (Å²) in [5.74, 6) is -0.265. The van der Waals surface area contributed by atoms with Crippen LogP contribution in [0.1, 0.15) is 37.8 Å². The number of nitrogens with zero attached hydrogens (tertiary/aromatic N) is 2. The van der Waals surface area contributed by atoms with Gasteiger partial charge >= 0.3 is 0 Å². The number of likely N-dealkylation sites (tertiary alicyclic amines) is 1. The highest BCUT2D eigenvalue weighted by molar-refractivity contribution is 6.01. The zero-order valence-corrected chi connectivity index (χ0v) is 14.8. The SMILES string of the molecule is CCOCC1(C)OC(N2CCC3(CC2)OCc2ccccc23)=NC1=O. The molecular formula is C19H24N2O4. The number of rotatable bonds is 3. The zero-order valence-electron chi connectivity index (χ0n) is 14.8. The van der Waals surface area contributed by atoms with E-state index in [1.54, 1.807) is 6.92 Å². The molecule has 1 atom stereocenters. The molecule has 134 valence electrons. The minimum atomic E-state index is -1.00. The lowest BCUT2D eigenvalue weighted by molar-refractivity contribution is -0.134. The third kappa shape index (κ3) is 2.73. The fourth-order valence-corrected chi connectivity index (χ4v) is 3.85. The maximum atomic E-state index is 12.2. The Morgan fingerprint density at radius 2 is 2.04 bits per heavy atom. The highest BCUT2D eigenvalue weighted by atomic mass is 16.6. The molecule has 6 heteroatoms. The lowest BCUT2D eigenvalue weighted by atomic mass is 9.84. The molecule has 3 heterocycles. The Labute approximate surface area is 147 Å². The molecule has 0 N–H and O–H groups in total. The molecule has 3 aliphatic rings. The van der Waals surface area contributed by atoms with Crippen molar-refractivity contribution in [3.63, 3.8) is 0 Å². The summed E-state index contributed by atoms with van der Waals surface area (Å²) in [7, 11) is 0. The quantitative estimate of drug-likeness (QED) is 0.841. The largest absolute Gasteiger partial charge is 0.446 e. The van der Waals surface area contributed by atoms with E-state index in [1.165, 1.54) is 11.1 Å². The number of amidine groups is 1. The first-order valence-electron chi connectivity index (χ1n) is 8.93. The summed E-state index contributed by atoms with van der Waals surface area (Å²) in [6.45, 7) is 6.60. The third-order valence-corrected chi connectivity index (χ3v) is 5.40. The summed E-state index contributed by atoms with van der Waals surface area (Å²) in [5.41, 5.74) is 1.38. The molecule has 1 aromatic carbocycles. The van der Waals surface area contributed by atoms with Crippen molar-refractivity contribution in [3.05, 3.63) is 35.4 Å². The standard InChI is InChI=1S/C19H24N2O4/c1-3-23-13-18(2)16(22)20-17(25-18)21-10-8-19(9-11-21)15-7-5-4-6-14(15)12-24-19/h4-7H,3,8-13H2,1-2H3. The molecule has 6 nitrogen and oxygen atoms in total. The van der Waals surface area contributed by atoms with Gasteiger partial charge < -0.3 is 19.1 Å². The normalized spacial score (nSPS) is 27.4. The van der Waals surface area contributed by atoms with E-state index < -0.39 is 5.60 Å². The minimum Gasteiger partial charge on any atom is -0.446 e. The highest BCUT2D eigenvalue weighted by Crippen LogP contribution is 2.44. The van der Waals surface area contributed by atoms with E-state index in [2.05, 4.69) is 29.3 Å². The number of carbonyl (C=O) groups excluding carboxylic acids is 1. The van der Waals surface area contributed by atoms with E-state index in [-0.39, 0.29) is 18.1 Å². The molecule has 3 aliphatic heterocycles. The van der Waals surface area contributed by atoms with Crippen LogP contribution in [0.15, 0.2) is 29.3 Å². The second-order valence-electron chi connectivity index (χ2n) is 7.10. The van der Waals surface area contributed by atoms with E-state index in [0.29, 0.717) is 19.2 Å². The second kappa shape index (κ2) is 6.11. The molecule has 1 saturated heterocycles. The van der Waals surface area contributed by atoms with E-state index in [1.807, 2.05) is 11.8 Å². The Morgan fingerprint density at radius 3 is 2.80 bits per heavy atom. The van der Waals surface area contributed by atoms with Crippen LogP contribution in [0.3, 0.4) is 0 Å². The number of aliphatic imine (C=N–C) groups is 1. The molecule has 0 radical (unpaired) electrons. The second-order valence-corrected chi connectivity index (χ2v) is 7.10. The Hall–Kier alpha value is -1.92. The van der Waals surface area contributed by atoms with Gasteiger partial charge in [-0.25, -0.2) is 0 Å². The molecule has 25 heavy (non-hydrogen) atoms. The molecule has 4 rings (SSSR count). The van der Waals surface area contributed by atoms with Gasteiger partial charge in [0.05, 0.1) is 18.8 Å². The summed E-state index contributed by atoms with van der Waals surface area (Å²) in [6, 6.07) is 8.86. The van der Waals surface area contributed by atoms with Gasteiger partial charge in [0.1, 0.15) is 0 Å².